The van der Waals surface area contributed by atoms with E-state index in [2.05, 4.69) is 26.0 Å². The summed E-state index contributed by atoms with van der Waals surface area (Å²) in [5, 5.41) is 0. The molecule has 1 unspecified atom stereocenters. The van der Waals surface area contributed by atoms with Crippen LogP contribution in [0.4, 0.5) is 5.69 Å². The molecule has 0 spiro atoms. The number of fused-ring (bicyclic) bond motifs is 1. The van der Waals surface area contributed by atoms with Gasteiger partial charge in [-0.3, -0.25) is 4.79 Å². The minimum atomic E-state index is -0.442. The summed E-state index contributed by atoms with van der Waals surface area (Å²) >= 11 is 0. The monoisotopic (exact) mass is 246 g/mol. The van der Waals surface area contributed by atoms with Gasteiger partial charge in [-0.2, -0.15) is 0 Å². The molecule has 0 fully saturated rings. The molecule has 0 saturated carbocycles. The van der Waals surface area contributed by atoms with Crippen LogP contribution in [-0.4, -0.2) is 18.5 Å². The smallest absolute Gasteiger partial charge is 0.243 e. The summed E-state index contributed by atoms with van der Waals surface area (Å²) in [6.45, 7) is 6.91. The fourth-order valence-electron chi connectivity index (χ4n) is 2.93. The van der Waals surface area contributed by atoms with Gasteiger partial charge in [0, 0.05) is 17.6 Å². The molecule has 1 aromatic carbocycles. The third-order valence-electron chi connectivity index (χ3n) is 4.24. The van der Waals surface area contributed by atoms with Crippen LogP contribution in [0.2, 0.25) is 0 Å². The van der Waals surface area contributed by atoms with Gasteiger partial charge in [0.25, 0.3) is 0 Å². The average Bonchev–Trinajstić information content (AvgIpc) is 2.73. The third kappa shape index (κ3) is 1.83. The third-order valence-corrected chi connectivity index (χ3v) is 4.24. The van der Waals surface area contributed by atoms with E-state index in [1.165, 1.54) is 5.56 Å². The fraction of sp³-hybridized carbons (Fsp3) is 0.533. The molecule has 3 nitrogen and oxygen atoms in total. The Morgan fingerprint density at radius 3 is 2.56 bits per heavy atom. The molecular formula is C15H22N2O. The highest BCUT2D eigenvalue weighted by Gasteiger charge is 2.42. The molecule has 98 valence electrons. The van der Waals surface area contributed by atoms with Crippen molar-refractivity contribution in [1.82, 2.24) is 0 Å². The van der Waals surface area contributed by atoms with Gasteiger partial charge in [-0.25, -0.2) is 0 Å². The zero-order chi connectivity index (χ0) is 13.3. The molecule has 1 aromatic rings. The molecule has 0 radical (unpaired) electrons. The van der Waals surface area contributed by atoms with E-state index in [1.54, 1.807) is 6.92 Å². The number of hydrogen-bond donors (Lipinski definition) is 1. The molecule has 18 heavy (non-hydrogen) atoms. The van der Waals surface area contributed by atoms with Gasteiger partial charge in [0.1, 0.15) is 0 Å². The number of nitrogens with zero attached hydrogens (tertiary/aromatic N) is 1. The van der Waals surface area contributed by atoms with E-state index in [0.29, 0.717) is 0 Å². The Kier molecular flexibility index (Phi) is 3.44. The van der Waals surface area contributed by atoms with E-state index in [0.717, 1.165) is 25.1 Å². The maximum absolute atomic E-state index is 12.2. The molecule has 1 aliphatic rings. The minimum absolute atomic E-state index is 0.0197. The number of carbonyl (C=O) groups excluding carboxylic acids is 1. The van der Waals surface area contributed by atoms with Crippen LogP contribution < -0.4 is 10.6 Å². The number of rotatable bonds is 3. The number of para-hydroxylation sites is 1. The van der Waals surface area contributed by atoms with Crippen molar-refractivity contribution in [2.24, 2.45) is 5.73 Å². The highest BCUT2D eigenvalue weighted by atomic mass is 16.2. The van der Waals surface area contributed by atoms with Crippen LogP contribution in [0, 0.1) is 0 Å². The van der Waals surface area contributed by atoms with E-state index in [9.17, 15) is 4.79 Å². The summed E-state index contributed by atoms with van der Waals surface area (Å²) in [4.78, 5) is 14.1. The van der Waals surface area contributed by atoms with Crippen LogP contribution in [0.5, 0.6) is 0 Å². The molecule has 2 N–H and O–H groups in total. The van der Waals surface area contributed by atoms with Crippen molar-refractivity contribution in [3.05, 3.63) is 29.8 Å². The molecule has 0 saturated heterocycles. The molecule has 3 heteroatoms. The lowest BCUT2D eigenvalue weighted by Crippen LogP contribution is -2.44. The van der Waals surface area contributed by atoms with Gasteiger partial charge in [0.05, 0.1) is 6.04 Å². The first-order valence-electron chi connectivity index (χ1n) is 6.72. The van der Waals surface area contributed by atoms with Crippen molar-refractivity contribution in [2.75, 3.05) is 11.4 Å². The number of hydrogen-bond acceptors (Lipinski definition) is 2. The van der Waals surface area contributed by atoms with E-state index >= 15 is 0 Å². The fourth-order valence-corrected chi connectivity index (χ4v) is 2.93. The molecule has 2 rings (SSSR count). The SMILES string of the molecule is CCC1(CC)CN(C(=O)C(C)N)c2ccccc21. The maximum atomic E-state index is 12.2. The first kappa shape index (κ1) is 13.1. The zero-order valence-corrected chi connectivity index (χ0v) is 11.4. The minimum Gasteiger partial charge on any atom is -0.320 e. The Bertz CT molecular complexity index is 450. The van der Waals surface area contributed by atoms with E-state index in [4.69, 9.17) is 5.73 Å². The summed E-state index contributed by atoms with van der Waals surface area (Å²) in [5.41, 5.74) is 8.19. The van der Waals surface area contributed by atoms with Crippen molar-refractivity contribution >= 4 is 11.6 Å². The predicted molar refractivity (Wildman–Crippen MR) is 74.7 cm³/mol. The topological polar surface area (TPSA) is 46.3 Å². The van der Waals surface area contributed by atoms with Crippen molar-refractivity contribution in [3.8, 4) is 0 Å². The van der Waals surface area contributed by atoms with Crippen molar-refractivity contribution in [2.45, 2.75) is 45.1 Å². The Labute approximate surface area is 109 Å². The van der Waals surface area contributed by atoms with Crippen molar-refractivity contribution in [1.29, 1.82) is 0 Å². The lowest BCUT2D eigenvalue weighted by molar-refractivity contribution is -0.119. The Hall–Kier alpha value is -1.35. The lowest BCUT2D eigenvalue weighted by Gasteiger charge is -2.28. The van der Waals surface area contributed by atoms with E-state index < -0.39 is 6.04 Å². The standard InChI is InChI=1S/C15H22N2O/c1-4-15(5-2)10-17(14(18)11(3)16)13-9-7-6-8-12(13)15/h6-9,11H,4-5,10,16H2,1-3H3. The van der Waals surface area contributed by atoms with Gasteiger partial charge in [0.15, 0.2) is 0 Å². The second-order valence-corrected chi connectivity index (χ2v) is 5.22. The van der Waals surface area contributed by atoms with Gasteiger partial charge in [-0.1, -0.05) is 32.0 Å². The van der Waals surface area contributed by atoms with Crippen LogP contribution in [-0.2, 0) is 10.2 Å². The molecule has 0 aromatic heterocycles. The summed E-state index contributed by atoms with van der Waals surface area (Å²) in [7, 11) is 0. The van der Waals surface area contributed by atoms with E-state index in [-0.39, 0.29) is 11.3 Å². The largest absolute Gasteiger partial charge is 0.320 e. The first-order valence-corrected chi connectivity index (χ1v) is 6.72. The summed E-state index contributed by atoms with van der Waals surface area (Å²) < 4.78 is 0. The van der Waals surface area contributed by atoms with E-state index in [1.807, 2.05) is 17.0 Å². The Morgan fingerprint density at radius 1 is 1.39 bits per heavy atom. The van der Waals surface area contributed by atoms with Gasteiger partial charge in [-0.05, 0) is 31.4 Å². The number of benzene rings is 1. The normalized spacial score (nSPS) is 18.6. The lowest BCUT2D eigenvalue weighted by atomic mass is 9.78. The first-order chi connectivity index (χ1) is 8.55. The van der Waals surface area contributed by atoms with Crippen LogP contribution >= 0.6 is 0 Å². The number of carbonyl (C=O) groups is 1. The van der Waals surface area contributed by atoms with Crippen LogP contribution in [0.1, 0.15) is 39.2 Å². The van der Waals surface area contributed by atoms with Crippen LogP contribution in [0.3, 0.4) is 0 Å². The van der Waals surface area contributed by atoms with Crippen LogP contribution in [0.15, 0.2) is 24.3 Å². The van der Waals surface area contributed by atoms with Gasteiger partial charge >= 0.3 is 0 Å². The quantitative estimate of drug-likeness (QED) is 0.890. The predicted octanol–water partition coefficient (Wildman–Crippen LogP) is 2.44. The average molecular weight is 246 g/mol. The highest BCUT2D eigenvalue weighted by molar-refractivity contribution is 5.99. The molecule has 0 aliphatic carbocycles. The molecule has 1 heterocycles. The summed E-state index contributed by atoms with van der Waals surface area (Å²) in [6, 6.07) is 7.78. The molecule has 1 aliphatic heterocycles. The molecule has 1 amide bonds. The van der Waals surface area contributed by atoms with Gasteiger partial charge < -0.3 is 10.6 Å². The molecule has 1 atom stereocenters. The maximum Gasteiger partial charge on any atom is 0.243 e. The molecular weight excluding hydrogens is 224 g/mol. The molecule has 0 bridgehead atoms. The van der Waals surface area contributed by atoms with Gasteiger partial charge in [0.2, 0.25) is 5.91 Å². The number of nitrogens with two attached hydrogens (primary N) is 1. The number of anilines is 1. The van der Waals surface area contributed by atoms with Crippen molar-refractivity contribution < 1.29 is 4.79 Å². The highest BCUT2D eigenvalue weighted by Crippen LogP contribution is 2.45. The second-order valence-electron chi connectivity index (χ2n) is 5.22. The Balaban J connectivity index is 2.48. The summed E-state index contributed by atoms with van der Waals surface area (Å²) in [6.07, 6.45) is 2.09. The van der Waals surface area contributed by atoms with Crippen LogP contribution in [0.25, 0.3) is 0 Å². The number of amides is 1. The zero-order valence-electron chi connectivity index (χ0n) is 11.4. The van der Waals surface area contributed by atoms with Gasteiger partial charge in [-0.15, -0.1) is 0 Å². The Morgan fingerprint density at radius 2 is 2.00 bits per heavy atom. The van der Waals surface area contributed by atoms with Crippen molar-refractivity contribution in [3.63, 3.8) is 0 Å². The second kappa shape index (κ2) is 4.73. The summed E-state index contributed by atoms with van der Waals surface area (Å²) in [5.74, 6) is 0.0197.